The van der Waals surface area contributed by atoms with Crippen molar-refractivity contribution in [3.05, 3.63) is 24.2 Å². The number of rotatable bonds is 3. The fourth-order valence-corrected chi connectivity index (χ4v) is 3.72. The van der Waals surface area contributed by atoms with Crippen molar-refractivity contribution in [2.45, 2.75) is 19.0 Å². The van der Waals surface area contributed by atoms with Gasteiger partial charge in [0, 0.05) is 25.2 Å². The zero-order valence-electron chi connectivity index (χ0n) is 10.1. The number of nitrogens with one attached hydrogen (secondary N) is 1. The maximum atomic E-state index is 11.8. The largest absolute Gasteiger partial charge is 0.472 e. The average molecular weight is 272 g/mol. The molecular weight excluding hydrogens is 256 g/mol. The summed E-state index contributed by atoms with van der Waals surface area (Å²) in [6.07, 6.45) is 3.60. The smallest absolute Gasteiger partial charge is 0.317 e. The predicted molar refractivity (Wildman–Crippen MR) is 65.8 cm³/mol. The van der Waals surface area contributed by atoms with Crippen molar-refractivity contribution < 1.29 is 17.6 Å². The van der Waals surface area contributed by atoms with E-state index in [0.717, 1.165) is 5.56 Å². The first-order valence-corrected chi connectivity index (χ1v) is 7.52. The molecule has 2 rings (SSSR count). The van der Waals surface area contributed by atoms with Crippen LogP contribution < -0.4 is 5.32 Å². The molecule has 1 aromatic rings. The van der Waals surface area contributed by atoms with Gasteiger partial charge in [-0.15, -0.1) is 0 Å². The van der Waals surface area contributed by atoms with Crippen LogP contribution in [0.15, 0.2) is 23.0 Å². The maximum Gasteiger partial charge on any atom is 0.317 e. The van der Waals surface area contributed by atoms with Gasteiger partial charge in [-0.3, -0.25) is 0 Å². The highest BCUT2D eigenvalue weighted by Gasteiger charge is 2.32. The highest BCUT2D eigenvalue weighted by Crippen LogP contribution is 2.16. The van der Waals surface area contributed by atoms with E-state index in [1.165, 1.54) is 11.2 Å². The Hall–Kier alpha value is -1.50. The average Bonchev–Trinajstić information content (AvgIpc) is 2.94. The van der Waals surface area contributed by atoms with E-state index in [9.17, 15) is 13.2 Å². The van der Waals surface area contributed by atoms with Gasteiger partial charge in [0.15, 0.2) is 9.84 Å². The summed E-state index contributed by atoms with van der Waals surface area (Å²) in [5.41, 5.74) is 0.871. The van der Waals surface area contributed by atoms with Gasteiger partial charge in [0.1, 0.15) is 0 Å². The Labute approximate surface area is 106 Å². The SMILES string of the molecule is CN(C(=O)NCc1ccoc1)C1CCS(=O)(=O)C1. The third kappa shape index (κ3) is 3.04. The molecule has 0 aliphatic carbocycles. The van der Waals surface area contributed by atoms with E-state index in [4.69, 9.17) is 4.42 Å². The lowest BCUT2D eigenvalue weighted by Gasteiger charge is -2.23. The first-order chi connectivity index (χ1) is 8.48. The Balaban J connectivity index is 1.85. The molecule has 1 fully saturated rings. The summed E-state index contributed by atoms with van der Waals surface area (Å²) in [6, 6.07) is 1.28. The molecule has 1 N–H and O–H groups in total. The van der Waals surface area contributed by atoms with Crippen LogP contribution in [0.1, 0.15) is 12.0 Å². The molecule has 0 aromatic carbocycles. The van der Waals surface area contributed by atoms with Crippen LogP contribution in [0.4, 0.5) is 4.79 Å². The predicted octanol–water partition coefficient (Wildman–Crippen LogP) is 0.608. The molecule has 0 bridgehead atoms. The van der Waals surface area contributed by atoms with Crippen molar-refractivity contribution in [1.29, 1.82) is 0 Å². The molecule has 6 nitrogen and oxygen atoms in total. The Bertz CT molecular complexity index is 509. The van der Waals surface area contributed by atoms with Crippen LogP contribution in [0.3, 0.4) is 0 Å². The number of carbonyl (C=O) groups is 1. The highest BCUT2D eigenvalue weighted by molar-refractivity contribution is 7.91. The van der Waals surface area contributed by atoms with Crippen molar-refractivity contribution in [3.8, 4) is 0 Å². The molecule has 0 radical (unpaired) electrons. The summed E-state index contributed by atoms with van der Waals surface area (Å²) in [7, 11) is -1.35. The molecule has 1 atom stereocenters. The molecule has 0 spiro atoms. The number of sulfone groups is 1. The molecule has 2 amide bonds. The van der Waals surface area contributed by atoms with Gasteiger partial charge in [0.2, 0.25) is 0 Å². The van der Waals surface area contributed by atoms with Gasteiger partial charge < -0.3 is 14.6 Å². The van der Waals surface area contributed by atoms with E-state index in [2.05, 4.69) is 5.32 Å². The van der Waals surface area contributed by atoms with E-state index in [0.29, 0.717) is 13.0 Å². The Morgan fingerprint density at radius 2 is 2.39 bits per heavy atom. The van der Waals surface area contributed by atoms with E-state index in [-0.39, 0.29) is 23.6 Å². The van der Waals surface area contributed by atoms with Crippen LogP contribution >= 0.6 is 0 Å². The second-order valence-electron chi connectivity index (χ2n) is 4.46. The Morgan fingerprint density at radius 3 is 2.94 bits per heavy atom. The topological polar surface area (TPSA) is 79.6 Å². The van der Waals surface area contributed by atoms with Crippen molar-refractivity contribution >= 4 is 15.9 Å². The van der Waals surface area contributed by atoms with Crippen LogP contribution in [0.25, 0.3) is 0 Å². The fourth-order valence-electron chi connectivity index (χ4n) is 1.94. The lowest BCUT2D eigenvalue weighted by Crippen LogP contribution is -2.43. The van der Waals surface area contributed by atoms with Gasteiger partial charge >= 0.3 is 6.03 Å². The van der Waals surface area contributed by atoms with Crippen LogP contribution in [0, 0.1) is 0 Å². The minimum atomic E-state index is -2.97. The number of hydrogen-bond donors (Lipinski definition) is 1. The summed E-state index contributed by atoms with van der Waals surface area (Å²) in [5.74, 6) is 0.222. The third-order valence-corrected chi connectivity index (χ3v) is 4.85. The molecule has 1 aliphatic heterocycles. The summed E-state index contributed by atoms with van der Waals surface area (Å²) in [6.45, 7) is 0.374. The number of hydrogen-bond acceptors (Lipinski definition) is 4. The monoisotopic (exact) mass is 272 g/mol. The number of amides is 2. The first-order valence-electron chi connectivity index (χ1n) is 5.70. The lowest BCUT2D eigenvalue weighted by atomic mass is 10.2. The van der Waals surface area contributed by atoms with Gasteiger partial charge in [-0.2, -0.15) is 0 Å². The van der Waals surface area contributed by atoms with Crippen molar-refractivity contribution in [2.24, 2.45) is 0 Å². The minimum Gasteiger partial charge on any atom is -0.472 e. The number of carbonyl (C=O) groups excluding carboxylic acids is 1. The van der Waals surface area contributed by atoms with Crippen molar-refractivity contribution in [3.63, 3.8) is 0 Å². The number of urea groups is 1. The van der Waals surface area contributed by atoms with Crippen LogP contribution in [-0.2, 0) is 16.4 Å². The van der Waals surface area contributed by atoms with Gasteiger partial charge in [0.25, 0.3) is 0 Å². The summed E-state index contributed by atoms with van der Waals surface area (Å²) in [4.78, 5) is 13.3. The summed E-state index contributed by atoms with van der Waals surface area (Å²) < 4.78 is 27.6. The van der Waals surface area contributed by atoms with Crippen molar-refractivity contribution in [2.75, 3.05) is 18.6 Å². The normalized spacial score (nSPS) is 21.7. The van der Waals surface area contributed by atoms with E-state index >= 15 is 0 Å². The molecule has 100 valence electrons. The van der Waals surface area contributed by atoms with Gasteiger partial charge in [-0.05, 0) is 12.5 Å². The summed E-state index contributed by atoms with van der Waals surface area (Å²) >= 11 is 0. The molecular formula is C11H16N2O4S. The summed E-state index contributed by atoms with van der Waals surface area (Å²) in [5, 5.41) is 2.72. The fraction of sp³-hybridized carbons (Fsp3) is 0.545. The van der Waals surface area contributed by atoms with Gasteiger partial charge in [0.05, 0.1) is 24.0 Å². The van der Waals surface area contributed by atoms with Crippen LogP contribution in [-0.4, -0.2) is 43.9 Å². The third-order valence-electron chi connectivity index (χ3n) is 3.10. The Morgan fingerprint density at radius 1 is 1.61 bits per heavy atom. The molecule has 1 saturated heterocycles. The minimum absolute atomic E-state index is 0.0582. The highest BCUT2D eigenvalue weighted by atomic mass is 32.2. The lowest BCUT2D eigenvalue weighted by molar-refractivity contribution is 0.194. The zero-order chi connectivity index (χ0) is 13.2. The quantitative estimate of drug-likeness (QED) is 0.874. The second kappa shape index (κ2) is 5.01. The maximum absolute atomic E-state index is 11.8. The number of furan rings is 1. The second-order valence-corrected chi connectivity index (χ2v) is 6.69. The molecule has 2 heterocycles. The zero-order valence-corrected chi connectivity index (χ0v) is 10.9. The first kappa shape index (κ1) is 12.9. The molecule has 1 aromatic heterocycles. The molecule has 7 heteroatoms. The molecule has 0 saturated carbocycles. The number of nitrogens with zero attached hydrogens (tertiary/aromatic N) is 1. The molecule has 1 unspecified atom stereocenters. The van der Waals surface area contributed by atoms with E-state index < -0.39 is 9.84 Å². The van der Waals surface area contributed by atoms with E-state index in [1.807, 2.05) is 0 Å². The van der Waals surface area contributed by atoms with Crippen molar-refractivity contribution in [1.82, 2.24) is 10.2 Å². The Kier molecular flexibility index (Phi) is 3.60. The van der Waals surface area contributed by atoms with Gasteiger partial charge in [-0.1, -0.05) is 0 Å². The van der Waals surface area contributed by atoms with E-state index in [1.54, 1.807) is 19.4 Å². The molecule has 18 heavy (non-hydrogen) atoms. The van der Waals surface area contributed by atoms with Gasteiger partial charge in [-0.25, -0.2) is 13.2 Å². The standard InChI is InChI=1S/C11H16N2O4S/c1-13(10-3-5-18(15,16)8-10)11(14)12-6-9-2-4-17-7-9/h2,4,7,10H,3,5-6,8H2,1H3,(H,12,14). The van der Waals surface area contributed by atoms with Crippen LogP contribution in [0.5, 0.6) is 0 Å². The molecule has 1 aliphatic rings. The van der Waals surface area contributed by atoms with Crippen LogP contribution in [0.2, 0.25) is 0 Å².